The Morgan fingerprint density at radius 1 is 1.44 bits per heavy atom. The molecule has 18 heavy (non-hydrogen) atoms. The van der Waals surface area contributed by atoms with Crippen molar-refractivity contribution in [2.75, 3.05) is 23.5 Å². The highest BCUT2D eigenvalue weighted by Gasteiger charge is 2.23. The fraction of sp³-hybridized carbons (Fsp3) is 0.500. The Hall–Kier alpha value is -0.520. The van der Waals surface area contributed by atoms with Crippen molar-refractivity contribution in [2.45, 2.75) is 19.4 Å². The molecule has 6 heteroatoms. The molecule has 3 heterocycles. The van der Waals surface area contributed by atoms with Crippen LogP contribution >= 0.6 is 34.7 Å². The number of rotatable bonds is 2. The van der Waals surface area contributed by atoms with Crippen LogP contribution < -0.4 is 4.90 Å². The van der Waals surface area contributed by atoms with Gasteiger partial charge in [-0.3, -0.25) is 0 Å². The molecule has 1 fully saturated rings. The lowest BCUT2D eigenvalue weighted by Gasteiger charge is -2.25. The topological polar surface area (TPSA) is 29.0 Å². The summed E-state index contributed by atoms with van der Waals surface area (Å²) in [6.45, 7) is 2.09. The highest BCUT2D eigenvalue weighted by atomic mass is 35.5. The molecule has 0 amide bonds. The molecule has 96 valence electrons. The monoisotopic (exact) mass is 299 g/mol. The van der Waals surface area contributed by atoms with E-state index in [0.717, 1.165) is 16.0 Å². The summed E-state index contributed by atoms with van der Waals surface area (Å²) in [5.74, 6) is 3.38. The van der Waals surface area contributed by atoms with Crippen LogP contribution in [0.2, 0.25) is 5.28 Å². The molecule has 3 nitrogen and oxygen atoms in total. The quantitative estimate of drug-likeness (QED) is 0.793. The van der Waals surface area contributed by atoms with E-state index < -0.39 is 0 Å². The third kappa shape index (κ3) is 2.19. The molecule has 2 aromatic heterocycles. The molecule has 0 aromatic carbocycles. The Morgan fingerprint density at radius 2 is 2.28 bits per heavy atom. The number of fused-ring (bicyclic) bond motifs is 1. The lowest BCUT2D eigenvalue weighted by molar-refractivity contribution is 0.693. The summed E-state index contributed by atoms with van der Waals surface area (Å²) < 4.78 is 0. The van der Waals surface area contributed by atoms with E-state index in [1.807, 2.05) is 11.8 Å². The molecule has 1 unspecified atom stereocenters. The fourth-order valence-electron chi connectivity index (χ4n) is 2.27. The molecular formula is C12H14ClN3S2. The van der Waals surface area contributed by atoms with Gasteiger partial charge in [-0.1, -0.05) is 0 Å². The summed E-state index contributed by atoms with van der Waals surface area (Å²) in [4.78, 5) is 13.2. The maximum Gasteiger partial charge on any atom is 0.225 e. The first-order valence-corrected chi connectivity index (χ1v) is 8.24. The molecule has 1 aliphatic rings. The van der Waals surface area contributed by atoms with Crippen LogP contribution in [0.3, 0.4) is 0 Å². The Kier molecular flexibility index (Phi) is 3.38. The largest absolute Gasteiger partial charge is 0.355 e. The molecule has 0 aliphatic carbocycles. The van der Waals surface area contributed by atoms with Gasteiger partial charge in [0.1, 0.15) is 10.6 Å². The van der Waals surface area contributed by atoms with Gasteiger partial charge in [-0.2, -0.15) is 16.7 Å². The Bertz CT molecular complexity index is 578. The molecule has 0 N–H and O–H groups in total. The zero-order valence-corrected chi connectivity index (χ0v) is 12.7. The highest BCUT2D eigenvalue weighted by molar-refractivity contribution is 7.99. The molecule has 1 aliphatic heterocycles. The molecule has 0 spiro atoms. The van der Waals surface area contributed by atoms with Gasteiger partial charge in [0.25, 0.3) is 0 Å². The first-order chi connectivity index (χ1) is 8.65. The second-order valence-electron chi connectivity index (χ2n) is 4.52. The van der Waals surface area contributed by atoms with Crippen LogP contribution in [0.1, 0.15) is 11.3 Å². The minimum Gasteiger partial charge on any atom is -0.355 e. The van der Waals surface area contributed by atoms with Crippen molar-refractivity contribution in [1.29, 1.82) is 0 Å². The van der Waals surface area contributed by atoms with Gasteiger partial charge in [-0.15, -0.1) is 11.3 Å². The van der Waals surface area contributed by atoms with Gasteiger partial charge in [0.05, 0.1) is 5.39 Å². The number of thiophene rings is 1. The van der Waals surface area contributed by atoms with Gasteiger partial charge in [0, 0.05) is 23.7 Å². The molecule has 3 rings (SSSR count). The summed E-state index contributed by atoms with van der Waals surface area (Å²) in [6.07, 6.45) is 1.22. The molecule has 0 bridgehead atoms. The van der Waals surface area contributed by atoms with Gasteiger partial charge in [-0.05, 0) is 36.8 Å². The third-order valence-electron chi connectivity index (χ3n) is 3.26. The average molecular weight is 300 g/mol. The maximum atomic E-state index is 6.04. The minimum absolute atomic E-state index is 0.344. The SMILES string of the molecule is Cc1cc2c(N(C)C3CCSC3)nc(Cl)nc2s1. The van der Waals surface area contributed by atoms with E-state index in [1.54, 1.807) is 11.3 Å². The van der Waals surface area contributed by atoms with Crippen molar-refractivity contribution in [3.63, 3.8) is 0 Å². The lowest BCUT2D eigenvalue weighted by Crippen LogP contribution is -2.32. The number of hydrogen-bond acceptors (Lipinski definition) is 5. The lowest BCUT2D eigenvalue weighted by atomic mass is 10.2. The van der Waals surface area contributed by atoms with E-state index in [9.17, 15) is 0 Å². The van der Waals surface area contributed by atoms with Crippen LogP contribution in [0.15, 0.2) is 6.07 Å². The van der Waals surface area contributed by atoms with Gasteiger partial charge < -0.3 is 4.90 Å². The second kappa shape index (κ2) is 4.87. The van der Waals surface area contributed by atoms with Crippen LogP contribution in [-0.2, 0) is 0 Å². The molecular weight excluding hydrogens is 286 g/mol. The Balaban J connectivity index is 2.08. The summed E-state index contributed by atoms with van der Waals surface area (Å²) in [5.41, 5.74) is 0. The number of thioether (sulfide) groups is 1. The van der Waals surface area contributed by atoms with Crippen molar-refractivity contribution in [1.82, 2.24) is 9.97 Å². The van der Waals surface area contributed by atoms with E-state index in [0.29, 0.717) is 11.3 Å². The minimum atomic E-state index is 0.344. The first-order valence-electron chi connectivity index (χ1n) is 5.89. The van der Waals surface area contributed by atoms with E-state index in [2.05, 4.69) is 34.9 Å². The van der Waals surface area contributed by atoms with Gasteiger partial charge in [-0.25, -0.2) is 4.98 Å². The number of aromatic nitrogens is 2. The summed E-state index contributed by atoms with van der Waals surface area (Å²) >= 11 is 9.71. The molecule has 1 saturated heterocycles. The van der Waals surface area contributed by atoms with Crippen molar-refractivity contribution in [3.8, 4) is 0 Å². The van der Waals surface area contributed by atoms with Crippen LogP contribution in [0, 0.1) is 6.92 Å². The van der Waals surface area contributed by atoms with Crippen molar-refractivity contribution < 1.29 is 0 Å². The van der Waals surface area contributed by atoms with Gasteiger partial charge >= 0.3 is 0 Å². The van der Waals surface area contributed by atoms with Crippen LogP contribution in [0.5, 0.6) is 0 Å². The number of anilines is 1. The summed E-state index contributed by atoms with van der Waals surface area (Å²) in [6, 6.07) is 2.72. The molecule has 2 aromatic rings. The van der Waals surface area contributed by atoms with Crippen molar-refractivity contribution in [3.05, 3.63) is 16.2 Å². The first kappa shape index (κ1) is 12.5. The average Bonchev–Trinajstić information content (AvgIpc) is 2.94. The van der Waals surface area contributed by atoms with Crippen LogP contribution in [-0.4, -0.2) is 34.6 Å². The van der Waals surface area contributed by atoms with Gasteiger partial charge in [0.2, 0.25) is 5.28 Å². The number of aryl methyl sites for hydroxylation is 1. The smallest absolute Gasteiger partial charge is 0.225 e. The molecule has 0 radical (unpaired) electrons. The Morgan fingerprint density at radius 3 is 3.00 bits per heavy atom. The predicted molar refractivity (Wildman–Crippen MR) is 81.3 cm³/mol. The summed E-state index contributed by atoms with van der Waals surface area (Å²) in [7, 11) is 2.11. The van der Waals surface area contributed by atoms with E-state index in [4.69, 9.17) is 11.6 Å². The molecule has 1 atom stereocenters. The maximum absolute atomic E-state index is 6.04. The molecule has 0 saturated carbocycles. The number of halogens is 1. The van der Waals surface area contributed by atoms with Crippen molar-refractivity contribution in [2.24, 2.45) is 0 Å². The van der Waals surface area contributed by atoms with Gasteiger partial charge in [0.15, 0.2) is 0 Å². The van der Waals surface area contributed by atoms with Crippen LogP contribution in [0.4, 0.5) is 5.82 Å². The fourth-order valence-corrected chi connectivity index (χ4v) is 4.63. The van der Waals surface area contributed by atoms with E-state index in [1.165, 1.54) is 22.8 Å². The predicted octanol–water partition coefficient (Wildman–Crippen LogP) is 3.59. The van der Waals surface area contributed by atoms with E-state index >= 15 is 0 Å². The third-order valence-corrected chi connectivity index (χ3v) is 5.51. The standard InChI is InChI=1S/C12H14ClN3S2/c1-7-5-9-10(14-12(13)15-11(9)18-7)16(2)8-3-4-17-6-8/h5,8H,3-4,6H2,1-2H3. The normalized spacial score (nSPS) is 19.6. The summed E-state index contributed by atoms with van der Waals surface area (Å²) in [5, 5.41) is 1.47. The second-order valence-corrected chi connectivity index (χ2v) is 7.24. The Labute approximate surface area is 120 Å². The number of nitrogens with zero attached hydrogens (tertiary/aromatic N) is 3. The highest BCUT2D eigenvalue weighted by Crippen LogP contribution is 2.34. The zero-order chi connectivity index (χ0) is 12.7. The van der Waals surface area contributed by atoms with Crippen LogP contribution in [0.25, 0.3) is 10.2 Å². The van der Waals surface area contributed by atoms with E-state index in [-0.39, 0.29) is 0 Å². The number of hydrogen-bond donors (Lipinski definition) is 0. The zero-order valence-electron chi connectivity index (χ0n) is 10.3. The van der Waals surface area contributed by atoms with Crippen molar-refractivity contribution >= 4 is 50.7 Å².